The minimum atomic E-state index is -0.545. The van der Waals surface area contributed by atoms with E-state index in [0.717, 1.165) is 0 Å². The van der Waals surface area contributed by atoms with Gasteiger partial charge in [0.25, 0.3) is 0 Å². The van der Waals surface area contributed by atoms with E-state index in [0.29, 0.717) is 11.3 Å². The van der Waals surface area contributed by atoms with Gasteiger partial charge in [-0.25, -0.2) is 4.39 Å². The van der Waals surface area contributed by atoms with Crippen molar-refractivity contribution in [2.75, 3.05) is 6.61 Å². The quantitative estimate of drug-likeness (QED) is 0.844. The second-order valence-electron chi connectivity index (χ2n) is 4.15. The van der Waals surface area contributed by atoms with Crippen molar-refractivity contribution in [1.82, 2.24) is 0 Å². The summed E-state index contributed by atoms with van der Waals surface area (Å²) >= 11 is 8.93. The summed E-state index contributed by atoms with van der Waals surface area (Å²) in [6.45, 7) is 5.48. The lowest BCUT2D eigenvalue weighted by molar-refractivity contribution is 0.228. The Bertz CT molecular complexity index is 410. The van der Waals surface area contributed by atoms with Crippen molar-refractivity contribution in [2.24, 2.45) is 0 Å². The number of benzene rings is 1. The molecule has 2 nitrogen and oxygen atoms in total. The van der Waals surface area contributed by atoms with Crippen LogP contribution in [0.15, 0.2) is 10.5 Å². The maximum atomic E-state index is 13.7. The third kappa shape index (κ3) is 3.33. The van der Waals surface area contributed by atoms with Crippen LogP contribution < -0.4 is 4.74 Å². The number of rotatable bonds is 4. The molecule has 0 fully saturated rings. The number of hydrogen-bond donors (Lipinski definition) is 1. The van der Waals surface area contributed by atoms with Crippen LogP contribution in [0.4, 0.5) is 4.39 Å². The zero-order valence-electron chi connectivity index (χ0n) is 9.93. The van der Waals surface area contributed by atoms with E-state index >= 15 is 0 Å². The molecule has 1 atom stereocenters. The topological polar surface area (TPSA) is 29.5 Å². The second-order valence-corrected chi connectivity index (χ2v) is 5.36. The molecule has 0 saturated heterocycles. The van der Waals surface area contributed by atoms with E-state index in [-0.39, 0.29) is 28.1 Å². The second kappa shape index (κ2) is 6.03. The van der Waals surface area contributed by atoms with E-state index < -0.39 is 5.82 Å². The lowest BCUT2D eigenvalue weighted by atomic mass is 10.0. The molecule has 1 aromatic carbocycles. The number of aliphatic hydroxyl groups is 1. The Morgan fingerprint density at radius 2 is 2.06 bits per heavy atom. The first-order valence-corrected chi connectivity index (χ1v) is 6.50. The minimum absolute atomic E-state index is 0.0169. The SMILES string of the molecule is CC(C)Oc1c(C(C)CO)cc(Cl)c(F)c1Br. The van der Waals surface area contributed by atoms with Crippen molar-refractivity contribution >= 4 is 27.5 Å². The van der Waals surface area contributed by atoms with Crippen LogP contribution in [0.25, 0.3) is 0 Å². The van der Waals surface area contributed by atoms with Gasteiger partial charge in [-0.3, -0.25) is 0 Å². The molecule has 0 saturated carbocycles. The highest BCUT2D eigenvalue weighted by Crippen LogP contribution is 2.39. The molecule has 0 aliphatic carbocycles. The fourth-order valence-corrected chi connectivity index (χ4v) is 2.28. The smallest absolute Gasteiger partial charge is 0.159 e. The molecule has 1 unspecified atom stereocenters. The van der Waals surface area contributed by atoms with Crippen LogP contribution in [0.5, 0.6) is 5.75 Å². The molecule has 0 heterocycles. The van der Waals surface area contributed by atoms with E-state index in [9.17, 15) is 9.50 Å². The van der Waals surface area contributed by atoms with Crippen molar-refractivity contribution in [3.63, 3.8) is 0 Å². The van der Waals surface area contributed by atoms with Crippen LogP contribution in [0.2, 0.25) is 5.02 Å². The van der Waals surface area contributed by atoms with Crippen LogP contribution in [0, 0.1) is 5.82 Å². The lowest BCUT2D eigenvalue weighted by Crippen LogP contribution is -2.11. The Hall–Kier alpha value is -0.320. The van der Waals surface area contributed by atoms with E-state index in [1.165, 1.54) is 6.07 Å². The molecule has 0 amide bonds. The van der Waals surface area contributed by atoms with Gasteiger partial charge < -0.3 is 9.84 Å². The van der Waals surface area contributed by atoms with Gasteiger partial charge in [0, 0.05) is 18.1 Å². The highest BCUT2D eigenvalue weighted by Gasteiger charge is 2.21. The Morgan fingerprint density at radius 1 is 1.47 bits per heavy atom. The van der Waals surface area contributed by atoms with Gasteiger partial charge in [-0.15, -0.1) is 0 Å². The normalized spacial score (nSPS) is 12.9. The number of halogens is 3. The molecule has 1 aromatic rings. The standard InChI is InChI=1S/C12H15BrClFO2/c1-6(2)17-12-8(7(3)5-16)4-9(14)11(15)10(12)13/h4,6-7,16H,5H2,1-3H3. The van der Waals surface area contributed by atoms with E-state index in [2.05, 4.69) is 15.9 Å². The van der Waals surface area contributed by atoms with E-state index in [4.69, 9.17) is 16.3 Å². The lowest BCUT2D eigenvalue weighted by Gasteiger charge is -2.20. The van der Waals surface area contributed by atoms with Gasteiger partial charge in [-0.1, -0.05) is 18.5 Å². The molecule has 1 N–H and O–H groups in total. The number of aliphatic hydroxyl groups excluding tert-OH is 1. The minimum Gasteiger partial charge on any atom is -0.489 e. The fraction of sp³-hybridized carbons (Fsp3) is 0.500. The number of hydrogen-bond acceptors (Lipinski definition) is 2. The summed E-state index contributed by atoms with van der Waals surface area (Å²) in [5.41, 5.74) is 0.694. The van der Waals surface area contributed by atoms with Gasteiger partial charge in [-0.05, 0) is 35.8 Å². The van der Waals surface area contributed by atoms with E-state index in [1.807, 2.05) is 20.8 Å². The third-order valence-corrected chi connectivity index (χ3v) is 3.29. The van der Waals surface area contributed by atoms with Gasteiger partial charge >= 0.3 is 0 Å². The molecule has 0 aromatic heterocycles. The monoisotopic (exact) mass is 324 g/mol. The summed E-state index contributed by atoms with van der Waals surface area (Å²) in [6.07, 6.45) is -0.0866. The molecular formula is C12H15BrClFO2. The average molecular weight is 326 g/mol. The molecule has 5 heteroatoms. The van der Waals surface area contributed by atoms with Gasteiger partial charge in [0.05, 0.1) is 15.6 Å². The summed E-state index contributed by atoms with van der Waals surface area (Å²) in [5, 5.41) is 9.21. The average Bonchev–Trinajstić information content (AvgIpc) is 2.28. The highest BCUT2D eigenvalue weighted by molar-refractivity contribution is 9.10. The van der Waals surface area contributed by atoms with Crippen LogP contribution in [0.1, 0.15) is 32.3 Å². The zero-order valence-corrected chi connectivity index (χ0v) is 12.3. The predicted octanol–water partition coefficient (Wildman–Crippen LogP) is 4.12. The molecule has 0 bridgehead atoms. The van der Waals surface area contributed by atoms with Crippen molar-refractivity contribution in [2.45, 2.75) is 32.8 Å². The van der Waals surface area contributed by atoms with Gasteiger partial charge in [-0.2, -0.15) is 0 Å². The Labute approximate surface area is 114 Å². The first kappa shape index (κ1) is 14.7. The molecule has 1 rings (SSSR count). The van der Waals surface area contributed by atoms with Crippen molar-refractivity contribution in [1.29, 1.82) is 0 Å². The van der Waals surface area contributed by atoms with E-state index in [1.54, 1.807) is 0 Å². The number of ether oxygens (including phenoxy) is 1. The zero-order chi connectivity index (χ0) is 13.2. The summed E-state index contributed by atoms with van der Waals surface area (Å²) in [5.74, 6) is -0.308. The molecule has 0 spiro atoms. The van der Waals surface area contributed by atoms with Crippen LogP contribution >= 0.6 is 27.5 Å². The summed E-state index contributed by atoms with van der Waals surface area (Å²) in [7, 11) is 0. The molecule has 0 aliphatic heterocycles. The molecule has 96 valence electrons. The Kier molecular flexibility index (Phi) is 5.22. The van der Waals surface area contributed by atoms with Crippen molar-refractivity contribution in [3.05, 3.63) is 26.9 Å². The summed E-state index contributed by atoms with van der Waals surface area (Å²) in [4.78, 5) is 0. The Morgan fingerprint density at radius 3 is 2.53 bits per heavy atom. The van der Waals surface area contributed by atoms with Gasteiger partial charge in [0.1, 0.15) is 5.75 Å². The predicted molar refractivity (Wildman–Crippen MR) is 70.4 cm³/mol. The Balaban J connectivity index is 3.35. The van der Waals surface area contributed by atoms with Crippen LogP contribution in [-0.2, 0) is 0 Å². The first-order valence-electron chi connectivity index (χ1n) is 5.33. The van der Waals surface area contributed by atoms with Crippen LogP contribution in [0.3, 0.4) is 0 Å². The summed E-state index contributed by atoms with van der Waals surface area (Å²) < 4.78 is 19.4. The molecule has 0 radical (unpaired) electrons. The van der Waals surface area contributed by atoms with Crippen molar-refractivity contribution in [3.8, 4) is 5.75 Å². The van der Waals surface area contributed by atoms with Gasteiger partial charge in [0.2, 0.25) is 0 Å². The van der Waals surface area contributed by atoms with Gasteiger partial charge in [0.15, 0.2) is 5.82 Å². The summed E-state index contributed by atoms with van der Waals surface area (Å²) in [6, 6.07) is 1.50. The largest absolute Gasteiger partial charge is 0.489 e. The molecule has 17 heavy (non-hydrogen) atoms. The van der Waals surface area contributed by atoms with Crippen molar-refractivity contribution < 1.29 is 14.2 Å². The fourth-order valence-electron chi connectivity index (χ4n) is 1.42. The first-order chi connectivity index (χ1) is 7.88. The highest BCUT2D eigenvalue weighted by atomic mass is 79.9. The third-order valence-electron chi connectivity index (χ3n) is 2.30. The molecular weight excluding hydrogens is 310 g/mol. The maximum Gasteiger partial charge on any atom is 0.159 e. The molecule has 0 aliphatic rings. The van der Waals surface area contributed by atoms with Crippen LogP contribution in [-0.4, -0.2) is 17.8 Å². The maximum absolute atomic E-state index is 13.7.